The number of methoxy groups -OCH3 is 1. The van der Waals surface area contributed by atoms with Crippen LogP contribution in [0.2, 0.25) is 0 Å². The highest BCUT2D eigenvalue weighted by atomic mass is 16.5. The third kappa shape index (κ3) is 2.33. The molecule has 1 aliphatic carbocycles. The lowest BCUT2D eigenvalue weighted by atomic mass is 9.77. The van der Waals surface area contributed by atoms with Gasteiger partial charge in [-0.2, -0.15) is 0 Å². The number of benzene rings is 2. The van der Waals surface area contributed by atoms with Gasteiger partial charge in [-0.3, -0.25) is 0 Å². The second-order valence-electron chi connectivity index (χ2n) is 6.18. The number of carbonyl (C=O) groups excluding carboxylic acids is 1. The van der Waals surface area contributed by atoms with Crippen molar-refractivity contribution in [2.75, 3.05) is 12.4 Å². The molecule has 0 aromatic heterocycles. The zero-order valence-electron chi connectivity index (χ0n) is 13.0. The van der Waals surface area contributed by atoms with Crippen LogP contribution in [0.25, 0.3) is 0 Å². The van der Waals surface area contributed by atoms with E-state index in [1.807, 2.05) is 24.3 Å². The minimum Gasteiger partial charge on any atom is -0.465 e. The number of fused-ring (bicyclic) bond motifs is 3. The Morgan fingerprint density at radius 1 is 1.13 bits per heavy atom. The van der Waals surface area contributed by atoms with E-state index in [2.05, 4.69) is 41.7 Å². The van der Waals surface area contributed by atoms with E-state index in [4.69, 9.17) is 4.74 Å². The fourth-order valence-electron chi connectivity index (χ4n) is 3.82. The Labute approximate surface area is 136 Å². The van der Waals surface area contributed by atoms with Gasteiger partial charge in [0, 0.05) is 11.6 Å². The molecule has 0 saturated heterocycles. The summed E-state index contributed by atoms with van der Waals surface area (Å²) < 4.78 is 4.77. The molecule has 4 rings (SSSR count). The minimum atomic E-state index is -0.293. The number of hydrogen-bond donors (Lipinski definition) is 1. The first-order valence-electron chi connectivity index (χ1n) is 7.98. The van der Waals surface area contributed by atoms with E-state index in [1.54, 1.807) is 0 Å². The van der Waals surface area contributed by atoms with E-state index in [-0.39, 0.29) is 12.0 Å². The molecular formula is C20H19NO2. The van der Waals surface area contributed by atoms with Gasteiger partial charge in [0.2, 0.25) is 0 Å². The molecule has 3 heteroatoms. The molecule has 2 aromatic rings. The van der Waals surface area contributed by atoms with Crippen molar-refractivity contribution in [1.82, 2.24) is 0 Å². The smallest absolute Gasteiger partial charge is 0.337 e. The molecule has 23 heavy (non-hydrogen) atoms. The Kier molecular flexibility index (Phi) is 3.41. The van der Waals surface area contributed by atoms with Crippen molar-refractivity contribution < 1.29 is 9.53 Å². The summed E-state index contributed by atoms with van der Waals surface area (Å²) in [6.07, 6.45) is 5.70. The zero-order chi connectivity index (χ0) is 15.8. The Balaban J connectivity index is 1.68. The first-order valence-corrected chi connectivity index (χ1v) is 7.98. The van der Waals surface area contributed by atoms with Crippen LogP contribution in [0.3, 0.4) is 0 Å². The second kappa shape index (κ2) is 5.58. The van der Waals surface area contributed by atoms with Crippen molar-refractivity contribution in [2.45, 2.75) is 18.4 Å². The normalized spacial score (nSPS) is 24.5. The quantitative estimate of drug-likeness (QED) is 0.664. The summed E-state index contributed by atoms with van der Waals surface area (Å²) in [6, 6.07) is 16.6. The number of rotatable bonds is 2. The van der Waals surface area contributed by atoms with Crippen LogP contribution in [0.4, 0.5) is 5.69 Å². The molecule has 3 nitrogen and oxygen atoms in total. The predicted octanol–water partition coefficient (Wildman–Crippen LogP) is 4.30. The minimum absolute atomic E-state index is 0.261. The third-order valence-corrected chi connectivity index (χ3v) is 4.96. The highest BCUT2D eigenvalue weighted by molar-refractivity contribution is 5.89. The van der Waals surface area contributed by atoms with Gasteiger partial charge in [0.05, 0.1) is 18.7 Å². The molecule has 3 atom stereocenters. The molecule has 116 valence electrons. The summed E-state index contributed by atoms with van der Waals surface area (Å²) in [5.74, 6) is 0.700. The third-order valence-electron chi connectivity index (χ3n) is 4.96. The number of nitrogens with one attached hydrogen (secondary N) is 1. The topological polar surface area (TPSA) is 38.3 Å². The van der Waals surface area contributed by atoms with Crippen LogP contribution in [0.5, 0.6) is 0 Å². The molecule has 2 aromatic carbocycles. The molecule has 1 N–H and O–H groups in total. The maximum Gasteiger partial charge on any atom is 0.337 e. The Bertz CT molecular complexity index is 763. The summed E-state index contributed by atoms with van der Waals surface area (Å²) in [4.78, 5) is 11.6. The number of carbonyl (C=O) groups is 1. The summed E-state index contributed by atoms with van der Waals surface area (Å²) in [7, 11) is 1.41. The van der Waals surface area contributed by atoms with Crippen LogP contribution in [0, 0.1) is 5.92 Å². The number of anilines is 1. The van der Waals surface area contributed by atoms with Gasteiger partial charge < -0.3 is 10.1 Å². The molecule has 0 radical (unpaired) electrons. The fourth-order valence-corrected chi connectivity index (χ4v) is 3.82. The molecular weight excluding hydrogens is 286 g/mol. The van der Waals surface area contributed by atoms with Crippen LogP contribution < -0.4 is 5.32 Å². The lowest BCUT2D eigenvalue weighted by Crippen LogP contribution is -2.29. The fraction of sp³-hybridized carbons (Fsp3) is 0.250. The van der Waals surface area contributed by atoms with Crippen molar-refractivity contribution in [3.8, 4) is 0 Å². The highest BCUT2D eigenvalue weighted by Crippen LogP contribution is 2.49. The lowest BCUT2D eigenvalue weighted by molar-refractivity contribution is 0.0600. The zero-order valence-corrected chi connectivity index (χ0v) is 13.0. The number of esters is 1. The van der Waals surface area contributed by atoms with Crippen LogP contribution in [-0.2, 0) is 4.74 Å². The van der Waals surface area contributed by atoms with Crippen LogP contribution >= 0.6 is 0 Å². The van der Waals surface area contributed by atoms with Crippen molar-refractivity contribution >= 4 is 11.7 Å². The van der Waals surface area contributed by atoms with E-state index in [1.165, 1.54) is 23.9 Å². The van der Waals surface area contributed by atoms with E-state index in [0.717, 1.165) is 6.42 Å². The maximum atomic E-state index is 11.6. The monoisotopic (exact) mass is 305 g/mol. The summed E-state index contributed by atoms with van der Waals surface area (Å²) in [5, 5.41) is 3.69. The van der Waals surface area contributed by atoms with Gasteiger partial charge in [0.1, 0.15) is 0 Å². The number of ether oxygens (including phenoxy) is 1. The summed E-state index contributed by atoms with van der Waals surface area (Å²) >= 11 is 0. The van der Waals surface area contributed by atoms with Crippen molar-refractivity contribution in [3.05, 3.63) is 77.4 Å². The van der Waals surface area contributed by atoms with Crippen LogP contribution in [0.15, 0.2) is 60.7 Å². The standard InChI is InChI=1S/C20H19NO2/c1-23-20(22)14-11-9-13(10-12-14)19-17-7-4-6-15(17)16-5-2-3-8-18(16)21-19/h2-6,8-12,15,17,19,21H,7H2,1H3/t15?,17?,19-/m1/s1. The Morgan fingerprint density at radius 2 is 1.91 bits per heavy atom. The largest absolute Gasteiger partial charge is 0.465 e. The summed E-state index contributed by atoms with van der Waals surface area (Å²) in [5.41, 5.74) is 4.40. The second-order valence-corrected chi connectivity index (χ2v) is 6.18. The molecule has 1 aliphatic heterocycles. The Morgan fingerprint density at radius 3 is 2.70 bits per heavy atom. The molecule has 0 bridgehead atoms. The molecule has 0 amide bonds. The van der Waals surface area contributed by atoms with Gasteiger partial charge in [-0.1, -0.05) is 42.5 Å². The molecule has 0 spiro atoms. The number of allylic oxidation sites excluding steroid dienone is 2. The van der Waals surface area contributed by atoms with E-state index in [0.29, 0.717) is 17.4 Å². The lowest BCUT2D eigenvalue weighted by Gasteiger charge is -2.37. The average Bonchev–Trinajstić information content (AvgIpc) is 3.10. The van der Waals surface area contributed by atoms with Crippen molar-refractivity contribution in [3.63, 3.8) is 0 Å². The first-order chi connectivity index (χ1) is 11.3. The number of para-hydroxylation sites is 1. The van der Waals surface area contributed by atoms with Gasteiger partial charge in [0.15, 0.2) is 0 Å². The molecule has 0 fully saturated rings. The van der Waals surface area contributed by atoms with Crippen LogP contribution in [0.1, 0.15) is 39.9 Å². The summed E-state index contributed by atoms with van der Waals surface area (Å²) in [6.45, 7) is 0. The van der Waals surface area contributed by atoms with Crippen molar-refractivity contribution in [1.29, 1.82) is 0 Å². The molecule has 1 heterocycles. The van der Waals surface area contributed by atoms with Gasteiger partial charge in [-0.15, -0.1) is 0 Å². The van der Waals surface area contributed by atoms with Gasteiger partial charge in [0.25, 0.3) is 0 Å². The average molecular weight is 305 g/mol. The Hall–Kier alpha value is -2.55. The van der Waals surface area contributed by atoms with Gasteiger partial charge in [-0.05, 0) is 41.7 Å². The number of hydrogen-bond acceptors (Lipinski definition) is 3. The van der Waals surface area contributed by atoms with Crippen LogP contribution in [-0.4, -0.2) is 13.1 Å². The maximum absolute atomic E-state index is 11.6. The first kappa shape index (κ1) is 14.1. The molecule has 2 unspecified atom stereocenters. The SMILES string of the molecule is COC(=O)c1ccc([C@H]2Nc3ccccc3C3C=CCC32)cc1. The van der Waals surface area contributed by atoms with E-state index in [9.17, 15) is 4.79 Å². The molecule has 2 aliphatic rings. The van der Waals surface area contributed by atoms with Gasteiger partial charge in [-0.25, -0.2) is 4.79 Å². The van der Waals surface area contributed by atoms with Crippen molar-refractivity contribution in [2.24, 2.45) is 5.92 Å². The molecule has 0 saturated carbocycles. The van der Waals surface area contributed by atoms with Gasteiger partial charge >= 0.3 is 5.97 Å². The highest BCUT2D eigenvalue weighted by Gasteiger charge is 2.37. The van der Waals surface area contributed by atoms with E-state index < -0.39 is 0 Å². The predicted molar refractivity (Wildman–Crippen MR) is 90.6 cm³/mol. The van der Waals surface area contributed by atoms with E-state index >= 15 is 0 Å².